The predicted octanol–water partition coefficient (Wildman–Crippen LogP) is 2.06. The van der Waals surface area contributed by atoms with Crippen LogP contribution >= 0.6 is 0 Å². The van der Waals surface area contributed by atoms with Crippen molar-refractivity contribution in [3.8, 4) is 11.8 Å². The van der Waals surface area contributed by atoms with Gasteiger partial charge in [-0.3, -0.25) is 10.1 Å². The summed E-state index contributed by atoms with van der Waals surface area (Å²) in [6, 6.07) is 5.72. The quantitative estimate of drug-likeness (QED) is 0.296. The maximum Gasteiger partial charge on any atom is 0.330 e. The Morgan fingerprint density at radius 2 is 2.09 bits per heavy atom. The summed E-state index contributed by atoms with van der Waals surface area (Å²) in [5.41, 5.74) is 0.544. The molecular weight excluding hydrogens is 286 g/mol. The molecule has 0 unspecified atom stereocenters. The lowest BCUT2D eigenvalue weighted by Gasteiger charge is -2.08. The predicted molar refractivity (Wildman–Crippen MR) is 80.9 cm³/mol. The van der Waals surface area contributed by atoms with Crippen LogP contribution in [0.3, 0.4) is 0 Å². The number of carbonyl (C=O) groups excluding carboxylic acids is 1. The highest BCUT2D eigenvalue weighted by molar-refractivity contribution is 5.81. The molecule has 0 heterocycles. The molecule has 0 aliphatic heterocycles. The Labute approximate surface area is 128 Å². The summed E-state index contributed by atoms with van der Waals surface area (Å²) in [6.45, 7) is 3.71. The number of nitro benzene ring substituents is 1. The van der Waals surface area contributed by atoms with Crippen LogP contribution in [0.4, 0.5) is 5.69 Å². The van der Waals surface area contributed by atoms with Crippen molar-refractivity contribution in [2.24, 2.45) is 5.92 Å². The Kier molecular flexibility index (Phi) is 6.80. The first-order valence-corrected chi connectivity index (χ1v) is 6.73. The highest BCUT2D eigenvalue weighted by Crippen LogP contribution is 2.11. The topological polar surface area (TPSA) is 89.7 Å². The van der Waals surface area contributed by atoms with Crippen molar-refractivity contribution in [3.05, 3.63) is 52.1 Å². The van der Waals surface area contributed by atoms with Gasteiger partial charge in [0.1, 0.15) is 6.10 Å². The Hall–Kier alpha value is -2.65. The number of carbonyl (C=O) groups is 1. The van der Waals surface area contributed by atoms with Crippen LogP contribution in [0.5, 0.6) is 0 Å². The van der Waals surface area contributed by atoms with Crippen LogP contribution in [0.25, 0.3) is 0 Å². The number of non-ortho nitro benzene ring substituents is 1. The van der Waals surface area contributed by atoms with Gasteiger partial charge in [0.05, 0.1) is 11.5 Å². The molecule has 0 spiro atoms. The van der Waals surface area contributed by atoms with Crippen molar-refractivity contribution in [2.45, 2.75) is 20.0 Å². The highest BCUT2D eigenvalue weighted by Gasteiger charge is 2.09. The van der Waals surface area contributed by atoms with Crippen LogP contribution in [0.1, 0.15) is 19.4 Å². The van der Waals surface area contributed by atoms with Gasteiger partial charge in [-0.15, -0.1) is 0 Å². The number of hydrogen-bond donors (Lipinski definition) is 1. The van der Waals surface area contributed by atoms with Crippen LogP contribution < -0.4 is 0 Å². The summed E-state index contributed by atoms with van der Waals surface area (Å²) in [6.07, 6.45) is 1.82. The van der Waals surface area contributed by atoms with Crippen LogP contribution in [0, 0.1) is 27.9 Å². The molecule has 2 atom stereocenters. The molecule has 0 amide bonds. The van der Waals surface area contributed by atoms with Crippen molar-refractivity contribution < 1.29 is 19.6 Å². The molecule has 6 heteroatoms. The summed E-state index contributed by atoms with van der Waals surface area (Å²) in [5.74, 6) is 4.55. The molecular formula is C16H17NO5. The maximum absolute atomic E-state index is 11.2. The fraction of sp³-hybridized carbons (Fsp3) is 0.312. The molecule has 0 fully saturated rings. The second-order valence-corrected chi connectivity index (χ2v) is 4.49. The number of ether oxygens (including phenoxy) is 1. The summed E-state index contributed by atoms with van der Waals surface area (Å²) < 4.78 is 4.73. The second-order valence-electron chi connectivity index (χ2n) is 4.49. The van der Waals surface area contributed by atoms with E-state index in [1.54, 1.807) is 13.8 Å². The van der Waals surface area contributed by atoms with Gasteiger partial charge >= 0.3 is 5.97 Å². The first kappa shape index (κ1) is 17.4. The molecule has 1 aromatic rings. The zero-order chi connectivity index (χ0) is 16.5. The average Bonchev–Trinajstić information content (AvgIpc) is 2.50. The first-order valence-electron chi connectivity index (χ1n) is 6.73. The van der Waals surface area contributed by atoms with E-state index in [4.69, 9.17) is 4.74 Å². The van der Waals surface area contributed by atoms with Gasteiger partial charge in [0, 0.05) is 29.7 Å². The molecule has 22 heavy (non-hydrogen) atoms. The van der Waals surface area contributed by atoms with Gasteiger partial charge in [-0.2, -0.15) is 0 Å². The van der Waals surface area contributed by atoms with E-state index in [2.05, 4.69) is 11.8 Å². The minimum atomic E-state index is -0.958. The number of hydrogen-bond acceptors (Lipinski definition) is 5. The molecule has 1 rings (SSSR count). The molecule has 6 nitrogen and oxygen atoms in total. The third-order valence-corrected chi connectivity index (χ3v) is 2.76. The van der Waals surface area contributed by atoms with Gasteiger partial charge in [0.25, 0.3) is 5.69 Å². The van der Waals surface area contributed by atoms with Gasteiger partial charge < -0.3 is 9.84 Å². The molecule has 0 aliphatic carbocycles. The van der Waals surface area contributed by atoms with Gasteiger partial charge in [0.2, 0.25) is 0 Å². The standard InChI is InChI=1S/C16H17NO5/c1-3-22-16(19)11-4-12(2)15(18)10-7-13-5-8-14(9-6-13)17(20)21/h4-6,8-9,11-12,15,18H,3H2,1-2H3/b11-4+/t12-,15+/m1/s1. The number of esters is 1. The number of nitro groups is 1. The van der Waals surface area contributed by atoms with E-state index in [9.17, 15) is 20.0 Å². The number of rotatable bonds is 5. The Balaban J connectivity index is 2.66. The Morgan fingerprint density at radius 3 is 2.64 bits per heavy atom. The third-order valence-electron chi connectivity index (χ3n) is 2.76. The molecule has 0 radical (unpaired) electrons. The molecule has 0 aromatic heterocycles. The maximum atomic E-state index is 11.2. The second kappa shape index (κ2) is 8.60. The van der Waals surface area contributed by atoms with Crippen LogP contribution in [0.2, 0.25) is 0 Å². The van der Waals surface area contributed by atoms with Crippen molar-refractivity contribution in [1.82, 2.24) is 0 Å². The molecule has 1 N–H and O–H groups in total. The lowest BCUT2D eigenvalue weighted by molar-refractivity contribution is -0.384. The van der Waals surface area contributed by atoms with E-state index in [-0.39, 0.29) is 11.6 Å². The number of aliphatic hydroxyl groups is 1. The summed E-state index contributed by atoms with van der Waals surface area (Å²) in [7, 11) is 0. The monoisotopic (exact) mass is 303 g/mol. The molecule has 0 saturated heterocycles. The Morgan fingerprint density at radius 1 is 1.45 bits per heavy atom. The van der Waals surface area contributed by atoms with E-state index in [1.807, 2.05) is 0 Å². The van der Waals surface area contributed by atoms with E-state index in [0.717, 1.165) is 0 Å². The highest BCUT2D eigenvalue weighted by atomic mass is 16.6. The smallest absolute Gasteiger partial charge is 0.330 e. The van der Waals surface area contributed by atoms with E-state index < -0.39 is 17.0 Å². The van der Waals surface area contributed by atoms with Gasteiger partial charge in [-0.25, -0.2) is 4.79 Å². The van der Waals surface area contributed by atoms with Crippen molar-refractivity contribution in [2.75, 3.05) is 6.61 Å². The van der Waals surface area contributed by atoms with Crippen molar-refractivity contribution >= 4 is 11.7 Å². The largest absolute Gasteiger partial charge is 0.463 e. The fourth-order valence-electron chi connectivity index (χ4n) is 1.48. The lowest BCUT2D eigenvalue weighted by Crippen LogP contribution is -2.13. The first-order chi connectivity index (χ1) is 10.4. The van der Waals surface area contributed by atoms with Crippen molar-refractivity contribution in [1.29, 1.82) is 0 Å². The minimum absolute atomic E-state index is 0.0168. The van der Waals surface area contributed by atoms with Gasteiger partial charge in [-0.1, -0.05) is 24.8 Å². The van der Waals surface area contributed by atoms with Crippen molar-refractivity contribution in [3.63, 3.8) is 0 Å². The summed E-state index contributed by atoms with van der Waals surface area (Å²) in [5, 5.41) is 20.4. The average molecular weight is 303 g/mol. The van der Waals surface area contributed by atoms with Crippen LogP contribution in [0.15, 0.2) is 36.4 Å². The molecule has 0 aliphatic rings. The van der Waals surface area contributed by atoms with Gasteiger partial charge in [0.15, 0.2) is 0 Å². The van der Waals surface area contributed by atoms with E-state index >= 15 is 0 Å². The zero-order valence-electron chi connectivity index (χ0n) is 12.4. The SMILES string of the molecule is CCOC(=O)/C=C/[C@@H](C)[C@@H](O)C#Cc1ccc([N+](=O)[O-])cc1. The minimum Gasteiger partial charge on any atom is -0.463 e. The number of aliphatic hydroxyl groups excluding tert-OH is 1. The molecule has 0 saturated carbocycles. The number of nitrogens with zero attached hydrogens (tertiary/aromatic N) is 1. The van der Waals surface area contributed by atoms with Crippen LogP contribution in [-0.4, -0.2) is 28.7 Å². The summed E-state index contributed by atoms with van der Waals surface area (Å²) >= 11 is 0. The molecule has 116 valence electrons. The van der Waals surface area contributed by atoms with E-state index in [0.29, 0.717) is 12.2 Å². The molecule has 1 aromatic carbocycles. The fourth-order valence-corrected chi connectivity index (χ4v) is 1.48. The number of benzene rings is 1. The summed E-state index contributed by atoms with van der Waals surface area (Å²) in [4.78, 5) is 21.2. The van der Waals surface area contributed by atoms with Crippen LogP contribution in [-0.2, 0) is 9.53 Å². The normalized spacial score (nSPS) is 13.0. The Bertz CT molecular complexity index is 610. The van der Waals surface area contributed by atoms with E-state index in [1.165, 1.54) is 36.4 Å². The van der Waals surface area contributed by atoms with Gasteiger partial charge in [-0.05, 0) is 19.1 Å². The zero-order valence-corrected chi connectivity index (χ0v) is 12.4. The third kappa shape index (κ3) is 5.77. The lowest BCUT2D eigenvalue weighted by atomic mass is 10.0. The molecule has 0 bridgehead atoms.